The van der Waals surface area contributed by atoms with Crippen molar-refractivity contribution in [2.75, 3.05) is 27.3 Å². The summed E-state index contributed by atoms with van der Waals surface area (Å²) in [6.07, 6.45) is 0.0649. The SMILES string of the molecule is COc1ccc(-c2cc(C(=O)NCCNC(=O)Cc3cccc(F)c3)c3ccccc3n2)cc1OC. The first-order valence-electron chi connectivity index (χ1n) is 11.4. The van der Waals surface area contributed by atoms with Crippen LogP contribution in [-0.4, -0.2) is 44.1 Å². The number of amides is 2. The van der Waals surface area contributed by atoms with Gasteiger partial charge in [0.25, 0.3) is 5.91 Å². The number of carbonyl (C=O) groups excluding carboxylic acids is 2. The Labute approximate surface area is 208 Å². The molecule has 0 aliphatic rings. The van der Waals surface area contributed by atoms with Crippen LogP contribution in [0.25, 0.3) is 22.2 Å². The summed E-state index contributed by atoms with van der Waals surface area (Å²) >= 11 is 0. The second kappa shape index (κ2) is 11.3. The Hall–Kier alpha value is -4.46. The minimum absolute atomic E-state index is 0.0649. The Morgan fingerprint density at radius 2 is 1.64 bits per heavy atom. The van der Waals surface area contributed by atoms with Crippen molar-refractivity contribution in [2.45, 2.75) is 6.42 Å². The molecule has 7 nitrogen and oxygen atoms in total. The fraction of sp³-hybridized carbons (Fsp3) is 0.179. The Bertz CT molecular complexity index is 1410. The molecule has 0 fully saturated rings. The van der Waals surface area contributed by atoms with Gasteiger partial charge < -0.3 is 20.1 Å². The molecule has 0 saturated carbocycles. The molecule has 2 N–H and O–H groups in total. The van der Waals surface area contributed by atoms with Gasteiger partial charge >= 0.3 is 0 Å². The van der Waals surface area contributed by atoms with Crippen LogP contribution in [0.15, 0.2) is 72.8 Å². The minimum Gasteiger partial charge on any atom is -0.493 e. The number of hydrogen-bond donors (Lipinski definition) is 2. The van der Waals surface area contributed by atoms with Crippen molar-refractivity contribution in [3.05, 3.63) is 89.7 Å². The first kappa shape index (κ1) is 24.7. The van der Waals surface area contributed by atoms with Gasteiger partial charge in [-0.1, -0.05) is 30.3 Å². The van der Waals surface area contributed by atoms with E-state index in [1.165, 1.54) is 12.1 Å². The number of nitrogens with zero attached hydrogens (tertiary/aromatic N) is 1. The molecule has 0 radical (unpaired) electrons. The van der Waals surface area contributed by atoms with Crippen LogP contribution in [0.2, 0.25) is 0 Å². The predicted molar refractivity (Wildman–Crippen MR) is 136 cm³/mol. The molecule has 2 amide bonds. The summed E-state index contributed by atoms with van der Waals surface area (Å²) in [5, 5.41) is 6.31. The summed E-state index contributed by atoms with van der Waals surface area (Å²) in [5.41, 5.74) is 3.12. The molecule has 4 rings (SSSR count). The monoisotopic (exact) mass is 487 g/mol. The molecule has 0 atom stereocenters. The molecule has 0 unspecified atom stereocenters. The molecule has 0 aliphatic carbocycles. The highest BCUT2D eigenvalue weighted by molar-refractivity contribution is 6.07. The van der Waals surface area contributed by atoms with E-state index in [-0.39, 0.29) is 37.1 Å². The maximum Gasteiger partial charge on any atom is 0.252 e. The van der Waals surface area contributed by atoms with Crippen LogP contribution in [0.3, 0.4) is 0 Å². The molecule has 0 aliphatic heterocycles. The summed E-state index contributed by atoms with van der Waals surface area (Å²) in [6, 6.07) is 20.5. The molecule has 8 heteroatoms. The Kier molecular flexibility index (Phi) is 7.75. The van der Waals surface area contributed by atoms with Crippen LogP contribution >= 0.6 is 0 Å². The molecule has 0 saturated heterocycles. The van der Waals surface area contributed by atoms with Gasteiger partial charge in [0.1, 0.15) is 5.82 Å². The van der Waals surface area contributed by atoms with E-state index in [4.69, 9.17) is 14.5 Å². The summed E-state index contributed by atoms with van der Waals surface area (Å²) in [4.78, 5) is 30.0. The van der Waals surface area contributed by atoms with E-state index in [1.807, 2.05) is 36.4 Å². The van der Waals surface area contributed by atoms with Crippen molar-refractivity contribution in [1.82, 2.24) is 15.6 Å². The number of halogens is 1. The Morgan fingerprint density at radius 1 is 0.861 bits per heavy atom. The number of para-hydroxylation sites is 1. The van der Waals surface area contributed by atoms with E-state index in [9.17, 15) is 14.0 Å². The molecular formula is C28H26FN3O4. The van der Waals surface area contributed by atoms with E-state index in [0.29, 0.717) is 33.8 Å². The maximum atomic E-state index is 13.3. The number of fused-ring (bicyclic) bond motifs is 1. The summed E-state index contributed by atoms with van der Waals surface area (Å²) < 4.78 is 24.0. The van der Waals surface area contributed by atoms with Gasteiger partial charge in [0, 0.05) is 24.0 Å². The van der Waals surface area contributed by atoms with Crippen LogP contribution in [0.1, 0.15) is 15.9 Å². The van der Waals surface area contributed by atoms with Crippen molar-refractivity contribution < 1.29 is 23.5 Å². The summed E-state index contributed by atoms with van der Waals surface area (Å²) in [6.45, 7) is 0.474. The van der Waals surface area contributed by atoms with Crippen molar-refractivity contribution in [1.29, 1.82) is 0 Å². The van der Waals surface area contributed by atoms with Crippen LogP contribution in [0.5, 0.6) is 11.5 Å². The summed E-state index contributed by atoms with van der Waals surface area (Å²) in [5.74, 6) is 0.239. The van der Waals surface area contributed by atoms with Crippen LogP contribution in [0.4, 0.5) is 4.39 Å². The molecule has 3 aromatic carbocycles. The van der Waals surface area contributed by atoms with Crippen molar-refractivity contribution >= 4 is 22.7 Å². The van der Waals surface area contributed by atoms with Gasteiger partial charge in [-0.3, -0.25) is 9.59 Å². The number of pyridine rings is 1. The average Bonchev–Trinajstić information content (AvgIpc) is 2.90. The van der Waals surface area contributed by atoms with E-state index < -0.39 is 0 Å². The van der Waals surface area contributed by atoms with Gasteiger partial charge in [-0.15, -0.1) is 0 Å². The Balaban J connectivity index is 1.46. The van der Waals surface area contributed by atoms with E-state index in [2.05, 4.69) is 10.6 Å². The molecule has 4 aromatic rings. The molecular weight excluding hydrogens is 461 g/mol. The lowest BCUT2D eigenvalue weighted by atomic mass is 10.0. The zero-order valence-corrected chi connectivity index (χ0v) is 20.0. The molecule has 0 spiro atoms. The van der Waals surface area contributed by atoms with Crippen LogP contribution < -0.4 is 20.1 Å². The van der Waals surface area contributed by atoms with Gasteiger partial charge in [0.05, 0.1) is 37.4 Å². The van der Waals surface area contributed by atoms with Gasteiger partial charge in [-0.25, -0.2) is 9.37 Å². The number of hydrogen-bond acceptors (Lipinski definition) is 5. The number of benzene rings is 3. The smallest absolute Gasteiger partial charge is 0.252 e. The zero-order chi connectivity index (χ0) is 25.5. The van der Waals surface area contributed by atoms with Crippen LogP contribution in [0, 0.1) is 5.82 Å². The third-order valence-electron chi connectivity index (χ3n) is 5.63. The quantitative estimate of drug-likeness (QED) is 0.346. The largest absolute Gasteiger partial charge is 0.493 e. The van der Waals surface area contributed by atoms with Crippen molar-refractivity contribution in [2.24, 2.45) is 0 Å². The lowest BCUT2D eigenvalue weighted by Crippen LogP contribution is -2.35. The van der Waals surface area contributed by atoms with Gasteiger partial charge in [0.2, 0.25) is 5.91 Å². The molecule has 184 valence electrons. The van der Waals surface area contributed by atoms with E-state index in [1.54, 1.807) is 38.5 Å². The minimum atomic E-state index is -0.385. The first-order valence-corrected chi connectivity index (χ1v) is 11.4. The summed E-state index contributed by atoms with van der Waals surface area (Å²) in [7, 11) is 3.13. The van der Waals surface area contributed by atoms with Crippen molar-refractivity contribution in [3.8, 4) is 22.8 Å². The molecule has 36 heavy (non-hydrogen) atoms. The normalized spacial score (nSPS) is 10.6. The molecule has 1 aromatic heterocycles. The lowest BCUT2D eigenvalue weighted by molar-refractivity contribution is -0.120. The fourth-order valence-electron chi connectivity index (χ4n) is 3.87. The number of ether oxygens (including phenoxy) is 2. The second-order valence-electron chi connectivity index (χ2n) is 8.05. The standard InChI is InChI=1S/C28H26FN3O4/c1-35-25-11-10-19(16-26(25)36-2)24-17-22(21-8-3-4-9-23(21)32-24)28(34)31-13-12-30-27(33)15-18-6-5-7-20(29)14-18/h3-11,14,16-17H,12-13,15H2,1-2H3,(H,30,33)(H,31,34). The lowest BCUT2D eigenvalue weighted by Gasteiger charge is -2.13. The highest BCUT2D eigenvalue weighted by atomic mass is 19.1. The topological polar surface area (TPSA) is 89.6 Å². The Morgan fingerprint density at radius 3 is 2.42 bits per heavy atom. The number of nitrogens with one attached hydrogen (secondary N) is 2. The number of carbonyl (C=O) groups is 2. The molecule has 1 heterocycles. The van der Waals surface area contributed by atoms with Gasteiger partial charge in [-0.05, 0) is 48.0 Å². The third-order valence-corrected chi connectivity index (χ3v) is 5.63. The second-order valence-corrected chi connectivity index (χ2v) is 8.05. The number of methoxy groups -OCH3 is 2. The maximum absolute atomic E-state index is 13.3. The third kappa shape index (κ3) is 5.78. The van der Waals surface area contributed by atoms with Gasteiger partial charge in [0.15, 0.2) is 11.5 Å². The van der Waals surface area contributed by atoms with E-state index >= 15 is 0 Å². The first-order chi connectivity index (χ1) is 17.5. The predicted octanol–water partition coefficient (Wildman–Crippen LogP) is 4.15. The number of aromatic nitrogens is 1. The van der Waals surface area contributed by atoms with Crippen LogP contribution in [-0.2, 0) is 11.2 Å². The van der Waals surface area contributed by atoms with E-state index in [0.717, 1.165) is 10.9 Å². The molecule has 0 bridgehead atoms. The highest BCUT2D eigenvalue weighted by Gasteiger charge is 2.15. The van der Waals surface area contributed by atoms with Gasteiger partial charge in [-0.2, -0.15) is 0 Å². The fourth-order valence-corrected chi connectivity index (χ4v) is 3.87. The number of rotatable bonds is 9. The average molecular weight is 488 g/mol. The highest BCUT2D eigenvalue weighted by Crippen LogP contribution is 2.33. The van der Waals surface area contributed by atoms with Crippen molar-refractivity contribution in [3.63, 3.8) is 0 Å². The zero-order valence-electron chi connectivity index (χ0n) is 20.0.